The summed E-state index contributed by atoms with van der Waals surface area (Å²) in [6.07, 6.45) is 4.52. The van der Waals surface area contributed by atoms with Gasteiger partial charge in [-0.05, 0) is 94.0 Å². The number of rotatable bonds is 33. The van der Waals surface area contributed by atoms with Gasteiger partial charge < -0.3 is 56.3 Å². The molecule has 398 valence electrons. The monoisotopic (exact) mass is 990 g/mol. The van der Waals surface area contributed by atoms with Crippen LogP contribution >= 0.6 is 0 Å². The van der Waals surface area contributed by atoms with Crippen LogP contribution in [0.15, 0.2) is 24.3 Å². The minimum Gasteiger partial charge on any atom is -0.508 e. The number of amides is 5. The lowest BCUT2D eigenvalue weighted by atomic mass is 9.89. The van der Waals surface area contributed by atoms with Gasteiger partial charge in [-0.2, -0.15) is 0 Å². The van der Waals surface area contributed by atoms with Crippen LogP contribution in [0, 0.1) is 23.7 Å². The van der Waals surface area contributed by atoms with Crippen LogP contribution in [-0.2, 0) is 49.5 Å². The number of nitrogens with two attached hydrogens (primary N) is 1. The van der Waals surface area contributed by atoms with Crippen molar-refractivity contribution >= 4 is 41.5 Å². The predicted octanol–water partition coefficient (Wildman–Crippen LogP) is 3.78. The van der Waals surface area contributed by atoms with Gasteiger partial charge in [0.2, 0.25) is 29.5 Å². The molecule has 1 fully saturated rings. The number of phenols is 1. The molecule has 0 unspecified atom stereocenters. The molecule has 1 saturated heterocycles. The van der Waals surface area contributed by atoms with Gasteiger partial charge in [-0.3, -0.25) is 33.7 Å². The van der Waals surface area contributed by atoms with Crippen molar-refractivity contribution in [1.82, 2.24) is 30.7 Å². The summed E-state index contributed by atoms with van der Waals surface area (Å²) in [4.78, 5) is 97.4. The fourth-order valence-corrected chi connectivity index (χ4v) is 9.55. The van der Waals surface area contributed by atoms with Gasteiger partial charge in [0.15, 0.2) is 0 Å². The van der Waals surface area contributed by atoms with Crippen LogP contribution in [0.3, 0.4) is 0 Å². The maximum absolute atomic E-state index is 14.6. The molecule has 0 saturated carbocycles. The van der Waals surface area contributed by atoms with Gasteiger partial charge in [-0.1, -0.05) is 73.4 Å². The highest BCUT2D eigenvalue weighted by Gasteiger charge is 2.43. The molecule has 0 spiro atoms. The molecule has 2 rings (SSSR count). The Morgan fingerprint density at radius 1 is 0.843 bits per heavy atom. The number of aromatic hydroxyl groups is 1. The van der Waals surface area contributed by atoms with Gasteiger partial charge >= 0.3 is 11.9 Å². The average molecular weight is 990 g/mol. The van der Waals surface area contributed by atoms with Crippen molar-refractivity contribution in [2.45, 2.75) is 174 Å². The molecule has 1 aromatic rings. The molecule has 0 aromatic heterocycles. The first kappa shape index (κ1) is 61.3. The zero-order valence-electron chi connectivity index (χ0n) is 43.8. The Morgan fingerprint density at radius 2 is 1.50 bits per heavy atom. The molecule has 0 bridgehead atoms. The van der Waals surface area contributed by atoms with E-state index in [4.69, 9.17) is 20.3 Å². The van der Waals surface area contributed by atoms with E-state index in [1.807, 2.05) is 53.5 Å². The fraction of sp³-hybridized carbons (Fsp3) is 0.745. The lowest BCUT2D eigenvalue weighted by Crippen LogP contribution is -2.60. The number of carbonyl (C=O) groups excluding carboxylic acids is 5. The van der Waals surface area contributed by atoms with Gasteiger partial charge in [0.25, 0.3) is 0 Å². The molecule has 0 radical (unpaired) electrons. The number of likely N-dealkylation sites (N-methyl/N-ethyl adjacent to an activating group) is 2. The average Bonchev–Trinajstić information content (AvgIpc) is 3.79. The third-order valence-corrected chi connectivity index (χ3v) is 13.9. The van der Waals surface area contributed by atoms with Crippen LogP contribution in [0.5, 0.6) is 5.75 Å². The van der Waals surface area contributed by atoms with Crippen LogP contribution in [0.1, 0.15) is 125 Å². The molecule has 5 amide bonds. The molecule has 0 aliphatic carbocycles. The Bertz CT molecular complexity index is 1820. The number of nitrogens with one attached hydrogen (secondary N) is 3. The number of carboxylic acid groups (broad SMARTS) is 2. The number of carbonyl (C=O) groups is 7. The van der Waals surface area contributed by atoms with Gasteiger partial charge in [0.05, 0.1) is 42.7 Å². The van der Waals surface area contributed by atoms with E-state index in [9.17, 15) is 43.8 Å². The standard InChI is InChI=1S/C51H87N7O12/c1-12-33(6)45(40(69-10)30-42(61)58-28-18-20-39(58)46(70-11)34(7)47(62)54-38(51(67)68)29-35-22-24-36(59)25-23-35)57(9)49(64)43(31(2)3)55-48(63)44(32(4)5)56(8)27-17-13-14-21-41(60)53-26-16-15-19-37(52)50(65)66/h22-25,31-34,37-40,43-46,59H,12-21,26-30,52H2,1-11H3,(H,53,60)(H,54,62)(H,55,63)(H,65,66)(H,67,68)/t33-,34+,37-,38-,39-,40+,43-,44-,45-,46+/m0/s1. The maximum Gasteiger partial charge on any atom is 0.326 e. The largest absolute Gasteiger partial charge is 0.508 e. The molecule has 10 atom stereocenters. The first-order valence-corrected chi connectivity index (χ1v) is 25.2. The van der Waals surface area contributed by atoms with Crippen molar-refractivity contribution in [2.24, 2.45) is 29.4 Å². The van der Waals surface area contributed by atoms with Crippen molar-refractivity contribution < 1.29 is 58.4 Å². The smallest absolute Gasteiger partial charge is 0.326 e. The molecular formula is C51H87N7O12. The highest BCUT2D eigenvalue weighted by Crippen LogP contribution is 2.30. The highest BCUT2D eigenvalue weighted by atomic mass is 16.5. The normalized spacial score (nSPS) is 17.8. The Morgan fingerprint density at radius 3 is 2.06 bits per heavy atom. The number of benzene rings is 1. The second-order valence-electron chi connectivity index (χ2n) is 19.9. The van der Waals surface area contributed by atoms with Crippen LogP contribution in [0.4, 0.5) is 0 Å². The summed E-state index contributed by atoms with van der Waals surface area (Å²) in [6.45, 7) is 14.8. The number of likely N-dealkylation sites (tertiary alicyclic amines) is 1. The molecule has 1 aliphatic rings. The second-order valence-corrected chi connectivity index (χ2v) is 19.9. The summed E-state index contributed by atoms with van der Waals surface area (Å²) in [6, 6.07) is 1.50. The predicted molar refractivity (Wildman–Crippen MR) is 266 cm³/mol. The minimum atomic E-state index is -1.24. The maximum atomic E-state index is 14.6. The molecular weight excluding hydrogens is 903 g/mol. The summed E-state index contributed by atoms with van der Waals surface area (Å²) in [5.74, 6) is -4.92. The van der Waals surface area contributed by atoms with Gasteiger partial charge in [0.1, 0.15) is 23.9 Å². The fourth-order valence-electron chi connectivity index (χ4n) is 9.55. The molecule has 1 aliphatic heterocycles. The lowest BCUT2D eigenvalue weighted by molar-refractivity contribution is -0.148. The van der Waals surface area contributed by atoms with Crippen LogP contribution in [-0.4, -0.2) is 168 Å². The topological polar surface area (TPSA) is 270 Å². The Kier molecular flexibility index (Phi) is 27.0. The van der Waals surface area contributed by atoms with Crippen LogP contribution < -0.4 is 21.7 Å². The van der Waals surface area contributed by atoms with Crippen molar-refractivity contribution in [3.63, 3.8) is 0 Å². The number of hydrogen-bond acceptors (Lipinski definition) is 12. The van der Waals surface area contributed by atoms with Gasteiger partial charge in [-0.15, -0.1) is 0 Å². The van der Waals surface area contributed by atoms with E-state index in [0.29, 0.717) is 76.6 Å². The van der Waals surface area contributed by atoms with E-state index in [-0.39, 0.29) is 60.0 Å². The van der Waals surface area contributed by atoms with E-state index < -0.39 is 72.2 Å². The molecule has 19 heteroatoms. The minimum absolute atomic E-state index is 0.00110. The van der Waals surface area contributed by atoms with Crippen molar-refractivity contribution in [1.29, 1.82) is 0 Å². The third kappa shape index (κ3) is 19.1. The van der Waals surface area contributed by atoms with Crippen molar-refractivity contribution in [2.75, 3.05) is 47.9 Å². The zero-order valence-corrected chi connectivity index (χ0v) is 43.8. The van der Waals surface area contributed by atoms with Crippen molar-refractivity contribution in [3.8, 4) is 5.75 Å². The number of aliphatic carboxylic acids is 2. The number of carboxylic acids is 2. The van der Waals surface area contributed by atoms with Gasteiger partial charge in [0, 0.05) is 47.2 Å². The number of nitrogens with zero attached hydrogens (tertiary/aromatic N) is 3. The Hall–Kier alpha value is -4.85. The molecule has 70 heavy (non-hydrogen) atoms. The van der Waals surface area contributed by atoms with E-state index in [0.717, 1.165) is 12.8 Å². The molecule has 8 N–H and O–H groups in total. The third-order valence-electron chi connectivity index (χ3n) is 13.9. The SMILES string of the molecule is CC[C@H](C)[C@@H]([C@@H](CC(=O)N1CCC[C@H]1[C@H](OC)[C@@H](C)C(=O)N[C@@H](Cc1ccc(O)cc1)C(=O)O)OC)N(C)C(=O)[C@@H](NC(=O)[C@H](C(C)C)N(C)CCCCCC(=O)NCCCC[C@H](N)C(=O)O)C(C)C. The summed E-state index contributed by atoms with van der Waals surface area (Å²) < 4.78 is 11.9. The summed E-state index contributed by atoms with van der Waals surface area (Å²) in [5.41, 5.74) is 6.15. The first-order chi connectivity index (χ1) is 33.0. The highest BCUT2D eigenvalue weighted by molar-refractivity contribution is 5.90. The molecule has 19 nitrogen and oxygen atoms in total. The quantitative estimate of drug-likeness (QED) is 0.0495. The molecule has 1 heterocycles. The van der Waals surface area contributed by atoms with E-state index in [2.05, 4.69) is 16.0 Å². The lowest BCUT2D eigenvalue weighted by Gasteiger charge is -2.41. The Balaban J connectivity index is 2.12. The summed E-state index contributed by atoms with van der Waals surface area (Å²) >= 11 is 0. The number of methoxy groups -OCH3 is 2. The second kappa shape index (κ2) is 30.8. The number of ether oxygens (including phenoxy) is 2. The molecule has 1 aromatic carbocycles. The Labute approximate surface area is 416 Å². The van der Waals surface area contributed by atoms with E-state index in [1.165, 1.54) is 26.4 Å². The van der Waals surface area contributed by atoms with E-state index >= 15 is 0 Å². The van der Waals surface area contributed by atoms with Gasteiger partial charge in [-0.25, -0.2) is 4.79 Å². The number of hydrogen-bond donors (Lipinski definition) is 7. The summed E-state index contributed by atoms with van der Waals surface area (Å²) in [5, 5.41) is 37.1. The zero-order chi connectivity index (χ0) is 52.8. The first-order valence-electron chi connectivity index (χ1n) is 25.2. The van der Waals surface area contributed by atoms with Crippen LogP contribution in [0.25, 0.3) is 0 Å². The summed E-state index contributed by atoms with van der Waals surface area (Å²) in [7, 11) is 6.55. The van der Waals surface area contributed by atoms with Crippen LogP contribution in [0.2, 0.25) is 0 Å². The number of phenolic OH excluding ortho intramolecular Hbond substituents is 1. The number of unbranched alkanes of at least 4 members (excludes halogenated alkanes) is 3. The van der Waals surface area contributed by atoms with E-state index in [1.54, 1.807) is 35.9 Å². The van der Waals surface area contributed by atoms with Crippen molar-refractivity contribution in [3.05, 3.63) is 29.8 Å².